The number of nitrogens with zero attached hydrogens (tertiary/aromatic N) is 2. The lowest BCUT2D eigenvalue weighted by Gasteiger charge is -2.21. The Balaban J connectivity index is 1.60. The normalized spacial score (nSPS) is 18.3. The number of aliphatic hydroxyl groups excluding tert-OH is 1. The molecule has 122 valence electrons. The number of rotatable bonds is 5. The van der Waals surface area contributed by atoms with Crippen LogP contribution in [0.25, 0.3) is 11.3 Å². The lowest BCUT2D eigenvalue weighted by Crippen LogP contribution is -2.38. The summed E-state index contributed by atoms with van der Waals surface area (Å²) in [5.41, 5.74) is 1.52. The first-order valence-corrected chi connectivity index (χ1v) is 8.40. The van der Waals surface area contributed by atoms with E-state index < -0.39 is 0 Å². The standard InChI is InChI=1S/C16H18FN3O2S/c17-12-5-3-11(4-6-12)14-10-23-16(18-14)19-15(22)8-20-7-1-2-13(20)9-21/h3-6,10,13,21H,1-2,7-9H2,(H,18,19,22)/t13-/m1/s1. The van der Waals surface area contributed by atoms with Crippen LogP contribution in [-0.4, -0.2) is 46.6 Å². The van der Waals surface area contributed by atoms with Crippen LogP contribution in [0, 0.1) is 5.82 Å². The van der Waals surface area contributed by atoms with E-state index in [2.05, 4.69) is 10.3 Å². The van der Waals surface area contributed by atoms with E-state index in [1.165, 1.54) is 23.5 Å². The minimum atomic E-state index is -0.290. The number of likely N-dealkylation sites (tertiary alicyclic amines) is 1. The summed E-state index contributed by atoms with van der Waals surface area (Å²) in [7, 11) is 0. The number of anilines is 1. The number of hydrogen-bond donors (Lipinski definition) is 2. The number of hydrogen-bond acceptors (Lipinski definition) is 5. The molecule has 1 aromatic carbocycles. The van der Waals surface area contributed by atoms with Crippen molar-refractivity contribution in [3.8, 4) is 11.3 Å². The molecule has 7 heteroatoms. The number of amides is 1. The second-order valence-corrected chi connectivity index (χ2v) is 6.40. The Labute approximate surface area is 137 Å². The molecule has 2 N–H and O–H groups in total. The Morgan fingerprint density at radius 2 is 2.22 bits per heavy atom. The van der Waals surface area contributed by atoms with Gasteiger partial charge in [-0.3, -0.25) is 9.69 Å². The SMILES string of the molecule is O=C(CN1CCC[C@@H]1CO)Nc1nc(-c2ccc(F)cc2)cs1. The average Bonchev–Trinajstić information content (AvgIpc) is 3.17. The lowest BCUT2D eigenvalue weighted by atomic mass is 10.2. The monoisotopic (exact) mass is 335 g/mol. The van der Waals surface area contributed by atoms with Crippen LogP contribution >= 0.6 is 11.3 Å². The van der Waals surface area contributed by atoms with Gasteiger partial charge in [0.2, 0.25) is 5.91 Å². The van der Waals surface area contributed by atoms with Crippen LogP contribution in [0.3, 0.4) is 0 Å². The Kier molecular flexibility index (Phi) is 5.00. The number of aromatic nitrogens is 1. The van der Waals surface area contributed by atoms with Crippen molar-refractivity contribution in [2.24, 2.45) is 0 Å². The van der Waals surface area contributed by atoms with Crippen molar-refractivity contribution < 1.29 is 14.3 Å². The first kappa shape index (κ1) is 16.0. The molecule has 0 saturated carbocycles. The van der Waals surface area contributed by atoms with E-state index in [1.54, 1.807) is 12.1 Å². The van der Waals surface area contributed by atoms with E-state index in [1.807, 2.05) is 10.3 Å². The number of halogens is 1. The summed E-state index contributed by atoms with van der Waals surface area (Å²) in [6.45, 7) is 1.17. The summed E-state index contributed by atoms with van der Waals surface area (Å²) in [5, 5.41) is 14.4. The molecule has 2 heterocycles. The number of carbonyl (C=O) groups is 1. The third-order valence-corrected chi connectivity index (χ3v) is 4.70. The van der Waals surface area contributed by atoms with E-state index in [0.29, 0.717) is 10.8 Å². The summed E-state index contributed by atoms with van der Waals surface area (Å²) in [4.78, 5) is 18.5. The fourth-order valence-electron chi connectivity index (χ4n) is 2.74. The molecular formula is C16H18FN3O2S. The second kappa shape index (κ2) is 7.16. The zero-order chi connectivity index (χ0) is 16.2. The van der Waals surface area contributed by atoms with Crippen LogP contribution in [0.5, 0.6) is 0 Å². The summed E-state index contributed by atoms with van der Waals surface area (Å²) < 4.78 is 12.9. The van der Waals surface area contributed by atoms with Gasteiger partial charge in [0, 0.05) is 17.0 Å². The first-order valence-electron chi connectivity index (χ1n) is 7.52. The van der Waals surface area contributed by atoms with Gasteiger partial charge in [-0.25, -0.2) is 9.37 Å². The topological polar surface area (TPSA) is 65.5 Å². The molecule has 0 aliphatic carbocycles. The van der Waals surface area contributed by atoms with Crippen molar-refractivity contribution in [2.45, 2.75) is 18.9 Å². The van der Waals surface area contributed by atoms with Gasteiger partial charge in [-0.2, -0.15) is 0 Å². The van der Waals surface area contributed by atoms with Crippen molar-refractivity contribution in [1.82, 2.24) is 9.88 Å². The predicted octanol–water partition coefficient (Wildman–Crippen LogP) is 2.34. The van der Waals surface area contributed by atoms with E-state index in [-0.39, 0.29) is 30.9 Å². The molecule has 1 amide bonds. The highest BCUT2D eigenvalue weighted by molar-refractivity contribution is 7.14. The van der Waals surface area contributed by atoms with Crippen LogP contribution in [0.1, 0.15) is 12.8 Å². The zero-order valence-corrected chi connectivity index (χ0v) is 13.4. The first-order chi connectivity index (χ1) is 11.2. The molecular weight excluding hydrogens is 317 g/mol. The molecule has 0 radical (unpaired) electrons. The molecule has 0 unspecified atom stereocenters. The molecule has 0 bridgehead atoms. The van der Waals surface area contributed by atoms with Crippen LogP contribution in [-0.2, 0) is 4.79 Å². The van der Waals surface area contributed by atoms with Gasteiger partial charge >= 0.3 is 0 Å². The summed E-state index contributed by atoms with van der Waals surface area (Å²) >= 11 is 1.34. The second-order valence-electron chi connectivity index (χ2n) is 5.54. The summed E-state index contributed by atoms with van der Waals surface area (Å²) in [6.07, 6.45) is 1.93. The fraction of sp³-hybridized carbons (Fsp3) is 0.375. The molecule has 1 aliphatic rings. The third kappa shape index (κ3) is 3.93. The molecule has 1 atom stereocenters. The van der Waals surface area contributed by atoms with Gasteiger partial charge in [-0.1, -0.05) is 0 Å². The van der Waals surface area contributed by atoms with Crippen molar-refractivity contribution >= 4 is 22.4 Å². The van der Waals surface area contributed by atoms with E-state index in [9.17, 15) is 14.3 Å². The number of thiazole rings is 1. The fourth-order valence-corrected chi connectivity index (χ4v) is 3.47. The molecule has 1 aromatic heterocycles. The third-order valence-electron chi connectivity index (χ3n) is 3.95. The van der Waals surface area contributed by atoms with Gasteiger partial charge in [0.1, 0.15) is 5.82 Å². The van der Waals surface area contributed by atoms with Crippen LogP contribution in [0.15, 0.2) is 29.6 Å². The van der Waals surface area contributed by atoms with Crippen LogP contribution in [0.2, 0.25) is 0 Å². The smallest absolute Gasteiger partial charge is 0.240 e. The van der Waals surface area contributed by atoms with Gasteiger partial charge in [-0.15, -0.1) is 11.3 Å². The maximum Gasteiger partial charge on any atom is 0.240 e. The largest absolute Gasteiger partial charge is 0.395 e. The molecule has 2 aromatic rings. The Hall–Kier alpha value is -1.83. The van der Waals surface area contributed by atoms with Crippen molar-refractivity contribution in [2.75, 3.05) is 25.0 Å². The Bertz CT molecular complexity index is 674. The van der Waals surface area contributed by atoms with Gasteiger partial charge in [0.25, 0.3) is 0 Å². The van der Waals surface area contributed by atoms with Gasteiger partial charge in [-0.05, 0) is 43.7 Å². The molecule has 1 aliphatic heterocycles. The van der Waals surface area contributed by atoms with Crippen molar-refractivity contribution in [1.29, 1.82) is 0 Å². The molecule has 3 rings (SSSR count). The van der Waals surface area contributed by atoms with Gasteiger partial charge < -0.3 is 10.4 Å². The highest BCUT2D eigenvalue weighted by atomic mass is 32.1. The lowest BCUT2D eigenvalue weighted by molar-refractivity contribution is -0.117. The summed E-state index contributed by atoms with van der Waals surface area (Å²) in [5.74, 6) is -0.424. The Morgan fingerprint density at radius 3 is 2.96 bits per heavy atom. The van der Waals surface area contributed by atoms with Crippen molar-refractivity contribution in [3.63, 3.8) is 0 Å². The molecule has 23 heavy (non-hydrogen) atoms. The molecule has 1 fully saturated rings. The van der Waals surface area contributed by atoms with Crippen LogP contribution < -0.4 is 5.32 Å². The van der Waals surface area contributed by atoms with Gasteiger partial charge in [0.15, 0.2) is 5.13 Å². The van der Waals surface area contributed by atoms with E-state index in [0.717, 1.165) is 24.9 Å². The zero-order valence-electron chi connectivity index (χ0n) is 12.5. The number of aliphatic hydroxyl groups is 1. The van der Waals surface area contributed by atoms with E-state index >= 15 is 0 Å². The van der Waals surface area contributed by atoms with E-state index in [4.69, 9.17) is 0 Å². The maximum atomic E-state index is 12.9. The quantitative estimate of drug-likeness (QED) is 0.880. The van der Waals surface area contributed by atoms with Gasteiger partial charge in [0.05, 0.1) is 18.8 Å². The maximum absolute atomic E-state index is 12.9. The minimum Gasteiger partial charge on any atom is -0.395 e. The molecule has 1 saturated heterocycles. The number of carbonyl (C=O) groups excluding carboxylic acids is 1. The average molecular weight is 335 g/mol. The predicted molar refractivity (Wildman–Crippen MR) is 87.8 cm³/mol. The molecule has 0 spiro atoms. The minimum absolute atomic E-state index is 0.0758. The van der Waals surface area contributed by atoms with Crippen LogP contribution in [0.4, 0.5) is 9.52 Å². The summed E-state index contributed by atoms with van der Waals surface area (Å²) in [6, 6.07) is 6.16. The number of benzene rings is 1. The number of nitrogens with one attached hydrogen (secondary N) is 1. The highest BCUT2D eigenvalue weighted by Crippen LogP contribution is 2.25. The Morgan fingerprint density at radius 1 is 1.43 bits per heavy atom. The molecule has 5 nitrogen and oxygen atoms in total. The highest BCUT2D eigenvalue weighted by Gasteiger charge is 2.25. The van der Waals surface area contributed by atoms with Crippen molar-refractivity contribution in [3.05, 3.63) is 35.5 Å².